The fourth-order valence-corrected chi connectivity index (χ4v) is 1.59. The van der Waals surface area contributed by atoms with Crippen molar-refractivity contribution < 1.29 is 18.7 Å². The van der Waals surface area contributed by atoms with Crippen molar-refractivity contribution >= 4 is 8.56 Å². The Labute approximate surface area is 81.1 Å². The minimum absolute atomic E-state index is 0.353. The van der Waals surface area contributed by atoms with E-state index in [0.717, 1.165) is 0 Å². The molecule has 13 heavy (non-hydrogen) atoms. The number of ether oxygens (including phenoxy) is 1. The van der Waals surface area contributed by atoms with Crippen molar-refractivity contribution in [2.24, 2.45) is 0 Å². The van der Waals surface area contributed by atoms with Crippen LogP contribution in [0.4, 0.5) is 0 Å². The Morgan fingerprint density at radius 1 is 1.31 bits per heavy atom. The zero-order valence-corrected chi connectivity index (χ0v) is 9.87. The summed E-state index contributed by atoms with van der Waals surface area (Å²) < 4.78 is 15.7. The lowest BCUT2D eigenvalue weighted by Gasteiger charge is -2.22. The van der Waals surface area contributed by atoms with Gasteiger partial charge in [-0.3, -0.25) is 0 Å². The van der Waals surface area contributed by atoms with Gasteiger partial charge in [-0.1, -0.05) is 6.92 Å². The van der Waals surface area contributed by atoms with Crippen LogP contribution in [0.3, 0.4) is 0 Å². The maximum atomic E-state index is 9.21. The maximum absolute atomic E-state index is 9.21. The highest BCUT2D eigenvalue weighted by Crippen LogP contribution is 2.05. The lowest BCUT2D eigenvalue weighted by atomic mass is 10.3. The largest absolute Gasteiger partial charge is 0.396 e. The molecule has 4 nitrogen and oxygen atoms in total. The first-order valence-corrected chi connectivity index (χ1v) is 6.96. The van der Waals surface area contributed by atoms with Gasteiger partial charge in [-0.25, -0.2) is 0 Å². The topological polar surface area (TPSA) is 47.9 Å². The molecular weight excluding hydrogens is 188 g/mol. The van der Waals surface area contributed by atoms with E-state index >= 15 is 0 Å². The molecule has 0 aliphatic rings. The molecule has 0 fully saturated rings. The molecule has 80 valence electrons. The van der Waals surface area contributed by atoms with Gasteiger partial charge in [0.2, 0.25) is 0 Å². The molecule has 0 rings (SSSR count). The average Bonchev–Trinajstić information content (AvgIpc) is 2.17. The Morgan fingerprint density at radius 3 is 2.23 bits per heavy atom. The SMILES string of the molecule is CCC(O)COC[Si](C)(OC)OC. The van der Waals surface area contributed by atoms with Crippen molar-refractivity contribution in [3.8, 4) is 0 Å². The molecule has 0 aromatic rings. The van der Waals surface area contributed by atoms with Crippen molar-refractivity contribution in [1.29, 1.82) is 0 Å². The predicted molar refractivity (Wildman–Crippen MR) is 52.8 cm³/mol. The van der Waals surface area contributed by atoms with Gasteiger partial charge in [-0.15, -0.1) is 0 Å². The molecule has 1 atom stereocenters. The van der Waals surface area contributed by atoms with Gasteiger partial charge < -0.3 is 18.7 Å². The minimum Gasteiger partial charge on any atom is -0.396 e. The minimum atomic E-state index is -2.11. The summed E-state index contributed by atoms with van der Waals surface area (Å²) in [6.45, 7) is 4.19. The van der Waals surface area contributed by atoms with Crippen LogP contribution in [-0.4, -0.2) is 46.8 Å². The van der Waals surface area contributed by atoms with Crippen LogP contribution in [-0.2, 0) is 13.6 Å². The van der Waals surface area contributed by atoms with E-state index in [2.05, 4.69) is 0 Å². The molecule has 0 saturated carbocycles. The van der Waals surface area contributed by atoms with E-state index in [1.165, 1.54) is 0 Å². The monoisotopic (exact) mass is 208 g/mol. The Hall–Kier alpha value is 0.0569. The summed E-state index contributed by atoms with van der Waals surface area (Å²) in [6.07, 6.45) is 0.780. The molecule has 0 aromatic carbocycles. The zero-order chi connectivity index (χ0) is 10.3. The van der Waals surface area contributed by atoms with E-state index in [1.807, 2.05) is 13.5 Å². The van der Waals surface area contributed by atoms with Gasteiger partial charge in [0, 0.05) is 14.2 Å². The van der Waals surface area contributed by atoms with Crippen LogP contribution in [0, 0.1) is 0 Å². The summed E-state index contributed by atoms with van der Waals surface area (Å²) in [5.41, 5.74) is 0. The lowest BCUT2D eigenvalue weighted by molar-refractivity contribution is 0.0401. The Bertz CT molecular complexity index is 127. The van der Waals surface area contributed by atoms with E-state index < -0.39 is 8.56 Å². The van der Waals surface area contributed by atoms with Crippen molar-refractivity contribution in [1.82, 2.24) is 0 Å². The summed E-state index contributed by atoms with van der Waals surface area (Å²) in [5, 5.41) is 9.21. The van der Waals surface area contributed by atoms with E-state index in [9.17, 15) is 5.11 Å². The molecule has 0 bridgehead atoms. The van der Waals surface area contributed by atoms with Gasteiger partial charge in [0.05, 0.1) is 18.9 Å². The second kappa shape index (κ2) is 6.50. The molecule has 0 radical (unpaired) electrons. The molecular formula is C8H20O4Si. The van der Waals surface area contributed by atoms with Crippen molar-refractivity contribution in [2.45, 2.75) is 26.0 Å². The number of hydrogen-bond donors (Lipinski definition) is 1. The summed E-state index contributed by atoms with van der Waals surface area (Å²) in [4.78, 5) is 0. The number of aliphatic hydroxyl groups excluding tert-OH is 1. The third-order valence-corrected chi connectivity index (χ3v) is 4.47. The van der Waals surface area contributed by atoms with Gasteiger partial charge in [-0.05, 0) is 13.0 Å². The molecule has 0 aromatic heterocycles. The van der Waals surface area contributed by atoms with Crippen LogP contribution < -0.4 is 0 Å². The van der Waals surface area contributed by atoms with Crippen LogP contribution in [0.15, 0.2) is 0 Å². The van der Waals surface area contributed by atoms with Crippen LogP contribution >= 0.6 is 0 Å². The van der Waals surface area contributed by atoms with Gasteiger partial charge >= 0.3 is 8.56 Å². The van der Waals surface area contributed by atoms with Gasteiger partial charge in [0.15, 0.2) is 0 Å². The van der Waals surface area contributed by atoms with Crippen molar-refractivity contribution in [2.75, 3.05) is 27.1 Å². The Kier molecular flexibility index (Phi) is 6.53. The smallest absolute Gasteiger partial charge is 0.361 e. The van der Waals surface area contributed by atoms with Crippen LogP contribution in [0.1, 0.15) is 13.3 Å². The number of hydrogen-bond acceptors (Lipinski definition) is 4. The van der Waals surface area contributed by atoms with Gasteiger partial charge in [0.1, 0.15) is 0 Å². The first-order chi connectivity index (χ1) is 6.08. The summed E-state index contributed by atoms with van der Waals surface area (Å²) in [5.74, 6) is 0. The lowest BCUT2D eigenvalue weighted by Crippen LogP contribution is -2.42. The van der Waals surface area contributed by atoms with E-state index in [-0.39, 0.29) is 6.10 Å². The van der Waals surface area contributed by atoms with Crippen molar-refractivity contribution in [3.63, 3.8) is 0 Å². The highest BCUT2D eigenvalue weighted by molar-refractivity contribution is 6.65. The summed E-state index contributed by atoms with van der Waals surface area (Å²) in [6, 6.07) is 0. The Morgan fingerprint density at radius 2 is 1.85 bits per heavy atom. The molecule has 1 unspecified atom stereocenters. The Balaban J connectivity index is 3.61. The number of aliphatic hydroxyl groups is 1. The standard InChI is InChI=1S/C8H20O4Si/c1-5-8(9)6-12-7-13(4,10-2)11-3/h8-9H,5-7H2,1-4H3. The average molecular weight is 208 g/mol. The van der Waals surface area contributed by atoms with E-state index in [0.29, 0.717) is 19.3 Å². The third-order valence-electron chi connectivity index (χ3n) is 2.01. The molecule has 1 N–H and O–H groups in total. The van der Waals surface area contributed by atoms with Crippen LogP contribution in [0.5, 0.6) is 0 Å². The fourth-order valence-electron chi connectivity index (χ4n) is 0.699. The molecule has 0 aliphatic carbocycles. The maximum Gasteiger partial charge on any atom is 0.361 e. The predicted octanol–water partition coefficient (Wildman–Crippen LogP) is 0.678. The molecule has 0 amide bonds. The number of rotatable bonds is 7. The summed E-state index contributed by atoms with van der Waals surface area (Å²) >= 11 is 0. The molecule has 5 heteroatoms. The first kappa shape index (κ1) is 13.1. The second-order valence-electron chi connectivity index (χ2n) is 3.12. The van der Waals surface area contributed by atoms with E-state index in [1.54, 1.807) is 14.2 Å². The van der Waals surface area contributed by atoms with Crippen molar-refractivity contribution in [3.05, 3.63) is 0 Å². The molecule has 0 heterocycles. The van der Waals surface area contributed by atoms with E-state index in [4.69, 9.17) is 13.6 Å². The molecule has 0 saturated heterocycles. The van der Waals surface area contributed by atoms with Crippen LogP contribution in [0.25, 0.3) is 0 Å². The zero-order valence-electron chi connectivity index (χ0n) is 8.87. The third kappa shape index (κ3) is 5.38. The van der Waals surface area contributed by atoms with Crippen LogP contribution in [0.2, 0.25) is 6.55 Å². The quantitative estimate of drug-likeness (QED) is 0.625. The molecule has 0 spiro atoms. The normalized spacial score (nSPS) is 14.5. The van der Waals surface area contributed by atoms with Gasteiger partial charge in [-0.2, -0.15) is 0 Å². The highest BCUT2D eigenvalue weighted by Gasteiger charge is 2.29. The summed E-state index contributed by atoms with van der Waals surface area (Å²) in [7, 11) is 1.13. The molecule has 0 aliphatic heterocycles. The fraction of sp³-hybridized carbons (Fsp3) is 1.00. The first-order valence-electron chi connectivity index (χ1n) is 4.44. The van der Waals surface area contributed by atoms with Gasteiger partial charge in [0.25, 0.3) is 0 Å². The second-order valence-corrected chi connectivity index (χ2v) is 6.49. The highest BCUT2D eigenvalue weighted by atomic mass is 28.4.